The minimum Gasteiger partial charge on any atom is -0.382 e. The van der Waals surface area contributed by atoms with Crippen LogP contribution in [0.3, 0.4) is 0 Å². The fourth-order valence-electron chi connectivity index (χ4n) is 1.87. The molecule has 1 aliphatic rings. The van der Waals surface area contributed by atoms with Crippen molar-refractivity contribution in [3.8, 4) is 11.3 Å². The zero-order valence-electron chi connectivity index (χ0n) is 8.81. The number of hydrogen-bond donors (Lipinski definition) is 2. The molecule has 0 spiro atoms. The third-order valence-corrected chi connectivity index (χ3v) is 2.90. The van der Waals surface area contributed by atoms with Gasteiger partial charge >= 0.3 is 0 Å². The number of H-pyrrole nitrogens is 1. The summed E-state index contributed by atoms with van der Waals surface area (Å²) >= 11 is 0. The maximum atomic E-state index is 5.59. The van der Waals surface area contributed by atoms with E-state index in [9.17, 15) is 0 Å². The number of nitrogens with zero attached hydrogens (tertiary/aromatic N) is 1. The van der Waals surface area contributed by atoms with Gasteiger partial charge in [-0.25, -0.2) is 0 Å². The maximum Gasteiger partial charge on any atom is 0.145 e. The molecule has 4 heteroatoms. The van der Waals surface area contributed by atoms with Crippen LogP contribution in [-0.4, -0.2) is 23.4 Å². The van der Waals surface area contributed by atoms with Gasteiger partial charge in [-0.3, -0.25) is 5.10 Å². The Morgan fingerprint density at radius 3 is 2.81 bits per heavy atom. The predicted octanol–water partition coefficient (Wildman–Crippen LogP) is 1.77. The van der Waals surface area contributed by atoms with Crippen molar-refractivity contribution in [2.24, 2.45) is 0 Å². The normalized spacial score (nSPS) is 16.0. The van der Waals surface area contributed by atoms with Crippen LogP contribution in [0.15, 0.2) is 30.3 Å². The largest absolute Gasteiger partial charge is 0.382 e. The van der Waals surface area contributed by atoms with Crippen LogP contribution in [0, 0.1) is 0 Å². The molecule has 0 saturated carbocycles. The molecule has 0 aliphatic carbocycles. The summed E-state index contributed by atoms with van der Waals surface area (Å²) in [5.74, 6) is 1.06. The highest BCUT2D eigenvalue weighted by molar-refractivity contribution is 5.63. The predicted molar refractivity (Wildman–Crippen MR) is 62.0 cm³/mol. The number of benzene rings is 1. The first-order valence-corrected chi connectivity index (χ1v) is 5.32. The number of hydrogen-bond acceptors (Lipinski definition) is 3. The Labute approximate surface area is 93.4 Å². The number of anilines is 1. The van der Waals surface area contributed by atoms with Crippen molar-refractivity contribution >= 4 is 5.82 Å². The molecule has 16 heavy (non-hydrogen) atoms. The fourth-order valence-corrected chi connectivity index (χ4v) is 1.87. The summed E-state index contributed by atoms with van der Waals surface area (Å²) in [6.07, 6.45) is 0. The van der Waals surface area contributed by atoms with Crippen molar-refractivity contribution in [1.82, 2.24) is 10.2 Å². The topological polar surface area (TPSA) is 63.9 Å². The average molecular weight is 215 g/mol. The lowest BCUT2D eigenvalue weighted by molar-refractivity contribution is 0.00844. The van der Waals surface area contributed by atoms with Gasteiger partial charge in [0.2, 0.25) is 0 Å². The summed E-state index contributed by atoms with van der Waals surface area (Å²) in [6.45, 7) is 1.66. The molecule has 0 unspecified atom stereocenters. The number of aromatic amines is 1. The van der Waals surface area contributed by atoms with Crippen molar-refractivity contribution in [2.45, 2.75) is 5.92 Å². The highest BCUT2D eigenvalue weighted by Gasteiger charge is 2.20. The van der Waals surface area contributed by atoms with E-state index in [1.807, 2.05) is 6.07 Å². The van der Waals surface area contributed by atoms with E-state index in [2.05, 4.69) is 34.5 Å². The van der Waals surface area contributed by atoms with Gasteiger partial charge in [0.1, 0.15) is 5.82 Å². The first-order valence-electron chi connectivity index (χ1n) is 5.32. The van der Waals surface area contributed by atoms with Crippen LogP contribution in [0.2, 0.25) is 0 Å². The monoisotopic (exact) mass is 215 g/mol. The Kier molecular flexibility index (Phi) is 2.15. The van der Waals surface area contributed by atoms with E-state index in [0.29, 0.717) is 11.7 Å². The van der Waals surface area contributed by atoms with Gasteiger partial charge in [0.15, 0.2) is 0 Å². The lowest BCUT2D eigenvalue weighted by Gasteiger charge is -2.26. The summed E-state index contributed by atoms with van der Waals surface area (Å²) in [6, 6.07) is 10.3. The first kappa shape index (κ1) is 9.42. The van der Waals surface area contributed by atoms with Crippen LogP contribution in [-0.2, 0) is 4.74 Å². The standard InChI is InChI=1S/C12H13N3O/c13-12-5-11(14-15-12)9-3-1-2-8(4-9)10-6-16-7-10/h1-5,10H,6-7H2,(H3,13,14,15). The second kappa shape index (κ2) is 3.64. The van der Waals surface area contributed by atoms with E-state index >= 15 is 0 Å². The molecule has 3 rings (SSSR count). The number of ether oxygens (including phenoxy) is 1. The van der Waals surface area contributed by atoms with E-state index in [-0.39, 0.29) is 0 Å². The number of aromatic nitrogens is 2. The molecule has 4 nitrogen and oxygen atoms in total. The Balaban J connectivity index is 1.95. The quantitative estimate of drug-likeness (QED) is 0.802. The lowest BCUT2D eigenvalue weighted by Crippen LogP contribution is -2.24. The van der Waals surface area contributed by atoms with Gasteiger partial charge in [0.05, 0.1) is 18.9 Å². The van der Waals surface area contributed by atoms with E-state index in [0.717, 1.165) is 24.5 Å². The summed E-state index contributed by atoms with van der Waals surface area (Å²) in [4.78, 5) is 0. The third-order valence-electron chi connectivity index (χ3n) is 2.90. The van der Waals surface area contributed by atoms with Gasteiger partial charge < -0.3 is 10.5 Å². The number of rotatable bonds is 2. The molecular formula is C12H13N3O. The number of nitrogens with two attached hydrogens (primary N) is 1. The summed E-state index contributed by atoms with van der Waals surface area (Å²) < 4.78 is 5.20. The van der Waals surface area contributed by atoms with Crippen molar-refractivity contribution in [1.29, 1.82) is 0 Å². The molecule has 1 fully saturated rings. The second-order valence-corrected chi connectivity index (χ2v) is 4.07. The number of nitrogen functional groups attached to an aromatic ring is 1. The van der Waals surface area contributed by atoms with Crippen LogP contribution in [0.4, 0.5) is 5.82 Å². The van der Waals surface area contributed by atoms with Gasteiger partial charge in [-0.15, -0.1) is 0 Å². The van der Waals surface area contributed by atoms with Crippen molar-refractivity contribution in [3.05, 3.63) is 35.9 Å². The Hall–Kier alpha value is -1.81. The van der Waals surface area contributed by atoms with Gasteiger partial charge in [-0.05, 0) is 17.2 Å². The minimum absolute atomic E-state index is 0.521. The average Bonchev–Trinajstić information content (AvgIpc) is 2.63. The minimum atomic E-state index is 0.521. The lowest BCUT2D eigenvalue weighted by atomic mass is 9.95. The molecule has 3 N–H and O–H groups in total. The van der Waals surface area contributed by atoms with Gasteiger partial charge in [0.25, 0.3) is 0 Å². The molecule has 1 aromatic carbocycles. The molecule has 82 valence electrons. The summed E-state index contributed by atoms with van der Waals surface area (Å²) in [5, 5.41) is 6.85. The highest BCUT2D eigenvalue weighted by Crippen LogP contribution is 2.27. The molecular weight excluding hydrogens is 202 g/mol. The molecule has 1 aliphatic heterocycles. The SMILES string of the molecule is Nc1cc(-c2cccc(C3COC3)c2)[nH]n1. The molecule has 1 saturated heterocycles. The molecule has 2 aromatic rings. The first-order chi connectivity index (χ1) is 7.83. The second-order valence-electron chi connectivity index (χ2n) is 4.07. The number of nitrogens with one attached hydrogen (secondary N) is 1. The Bertz CT molecular complexity index is 502. The third kappa shape index (κ3) is 1.57. The molecule has 2 heterocycles. The smallest absolute Gasteiger partial charge is 0.145 e. The molecule has 0 bridgehead atoms. The van der Waals surface area contributed by atoms with Crippen LogP contribution in [0.25, 0.3) is 11.3 Å². The van der Waals surface area contributed by atoms with Crippen LogP contribution < -0.4 is 5.73 Å². The van der Waals surface area contributed by atoms with E-state index < -0.39 is 0 Å². The van der Waals surface area contributed by atoms with Gasteiger partial charge in [0, 0.05) is 12.0 Å². The molecule has 0 atom stereocenters. The van der Waals surface area contributed by atoms with Crippen molar-refractivity contribution in [3.63, 3.8) is 0 Å². The maximum absolute atomic E-state index is 5.59. The highest BCUT2D eigenvalue weighted by atomic mass is 16.5. The van der Waals surface area contributed by atoms with E-state index in [4.69, 9.17) is 10.5 Å². The van der Waals surface area contributed by atoms with E-state index in [1.54, 1.807) is 0 Å². The Morgan fingerprint density at radius 2 is 2.19 bits per heavy atom. The zero-order valence-corrected chi connectivity index (χ0v) is 8.81. The fraction of sp³-hybridized carbons (Fsp3) is 0.250. The van der Waals surface area contributed by atoms with Crippen LogP contribution >= 0.6 is 0 Å². The zero-order chi connectivity index (χ0) is 11.0. The summed E-state index contributed by atoms with van der Waals surface area (Å²) in [5.41, 5.74) is 8.98. The van der Waals surface area contributed by atoms with E-state index in [1.165, 1.54) is 5.56 Å². The molecule has 0 amide bonds. The summed E-state index contributed by atoms with van der Waals surface area (Å²) in [7, 11) is 0. The molecule has 0 radical (unpaired) electrons. The van der Waals surface area contributed by atoms with Gasteiger partial charge in [-0.2, -0.15) is 5.10 Å². The van der Waals surface area contributed by atoms with Crippen molar-refractivity contribution in [2.75, 3.05) is 18.9 Å². The van der Waals surface area contributed by atoms with Crippen molar-refractivity contribution < 1.29 is 4.74 Å². The van der Waals surface area contributed by atoms with Gasteiger partial charge in [-0.1, -0.05) is 18.2 Å². The van der Waals surface area contributed by atoms with Crippen LogP contribution in [0.5, 0.6) is 0 Å². The Morgan fingerprint density at radius 1 is 1.31 bits per heavy atom. The van der Waals surface area contributed by atoms with Crippen LogP contribution in [0.1, 0.15) is 11.5 Å². The molecule has 1 aromatic heterocycles.